The number of carboxylic acids is 1. The Kier molecular flexibility index (Phi) is 5.05. The summed E-state index contributed by atoms with van der Waals surface area (Å²) in [7, 11) is -4.21. The average molecular weight is 328 g/mol. The van der Waals surface area contributed by atoms with Crippen molar-refractivity contribution in [2.75, 3.05) is 0 Å². The number of nitrogens with zero attached hydrogens (tertiary/aromatic N) is 1. The molecular weight excluding hydrogens is 313 g/mol. The molecule has 0 radical (unpaired) electrons. The van der Waals surface area contributed by atoms with Gasteiger partial charge in [0, 0.05) is 18.8 Å². The van der Waals surface area contributed by atoms with E-state index in [4.69, 9.17) is 5.11 Å². The van der Waals surface area contributed by atoms with Crippen LogP contribution in [0.5, 0.6) is 0 Å². The first-order valence-corrected chi connectivity index (χ1v) is 7.47. The van der Waals surface area contributed by atoms with E-state index in [1.165, 1.54) is 4.57 Å². The summed E-state index contributed by atoms with van der Waals surface area (Å²) in [6, 6.07) is -0.442. The van der Waals surface area contributed by atoms with Crippen molar-refractivity contribution in [1.82, 2.24) is 9.29 Å². The second kappa shape index (κ2) is 6.06. The highest BCUT2D eigenvalue weighted by Crippen LogP contribution is 2.22. The van der Waals surface area contributed by atoms with Crippen molar-refractivity contribution in [3.05, 3.63) is 18.0 Å². The van der Waals surface area contributed by atoms with Gasteiger partial charge in [-0.05, 0) is 19.9 Å². The lowest BCUT2D eigenvalue weighted by Crippen LogP contribution is -2.35. The van der Waals surface area contributed by atoms with Gasteiger partial charge < -0.3 is 9.67 Å². The molecule has 1 aromatic rings. The van der Waals surface area contributed by atoms with Gasteiger partial charge in [0.25, 0.3) is 0 Å². The summed E-state index contributed by atoms with van der Waals surface area (Å²) in [5.41, 5.74) is -0.249. The Morgan fingerprint density at radius 1 is 1.48 bits per heavy atom. The number of nitrogens with one attached hydrogen (secondary N) is 1. The van der Waals surface area contributed by atoms with Crippen LogP contribution in [0.3, 0.4) is 0 Å². The molecule has 1 unspecified atom stereocenters. The predicted octanol–water partition coefficient (Wildman–Crippen LogP) is 1.83. The van der Waals surface area contributed by atoms with Gasteiger partial charge in [0.1, 0.15) is 10.6 Å². The lowest BCUT2D eigenvalue weighted by atomic mass is 10.2. The third kappa shape index (κ3) is 4.74. The van der Waals surface area contributed by atoms with E-state index < -0.39 is 34.6 Å². The number of aromatic nitrogens is 1. The Labute approximate surface area is 119 Å². The Bertz CT molecular complexity index is 622. The van der Waals surface area contributed by atoms with E-state index in [1.807, 2.05) is 4.72 Å². The number of alkyl halides is 3. The Morgan fingerprint density at radius 2 is 2.05 bits per heavy atom. The number of hydrogen-bond donors (Lipinski definition) is 2. The van der Waals surface area contributed by atoms with Gasteiger partial charge in [-0.1, -0.05) is 0 Å². The molecule has 0 bridgehead atoms. The van der Waals surface area contributed by atoms with Crippen LogP contribution in [0.2, 0.25) is 0 Å². The number of aryl methyl sites for hydroxylation is 1. The predicted molar refractivity (Wildman–Crippen MR) is 67.5 cm³/mol. The largest absolute Gasteiger partial charge is 0.477 e. The first-order chi connectivity index (χ1) is 9.46. The van der Waals surface area contributed by atoms with Crippen LogP contribution in [0.25, 0.3) is 0 Å². The number of aromatic carboxylic acids is 1. The number of halogens is 3. The fourth-order valence-electron chi connectivity index (χ4n) is 1.79. The molecule has 1 aromatic heterocycles. The molecule has 1 heterocycles. The van der Waals surface area contributed by atoms with Gasteiger partial charge >= 0.3 is 12.1 Å². The quantitative estimate of drug-likeness (QED) is 0.834. The number of hydrogen-bond acceptors (Lipinski definition) is 3. The van der Waals surface area contributed by atoms with Crippen LogP contribution in [0, 0.1) is 0 Å². The molecule has 6 nitrogen and oxygen atoms in total. The van der Waals surface area contributed by atoms with E-state index in [0.29, 0.717) is 0 Å². The van der Waals surface area contributed by atoms with E-state index >= 15 is 0 Å². The van der Waals surface area contributed by atoms with Crippen LogP contribution in [-0.4, -0.2) is 36.3 Å². The fraction of sp³-hybridized carbons (Fsp3) is 0.545. The lowest BCUT2D eigenvalue weighted by molar-refractivity contribution is -0.137. The van der Waals surface area contributed by atoms with E-state index in [1.54, 1.807) is 6.92 Å². The van der Waals surface area contributed by atoms with Crippen molar-refractivity contribution in [2.24, 2.45) is 0 Å². The van der Waals surface area contributed by atoms with Crippen molar-refractivity contribution < 1.29 is 31.5 Å². The van der Waals surface area contributed by atoms with Crippen molar-refractivity contribution in [3.8, 4) is 0 Å². The van der Waals surface area contributed by atoms with Crippen LogP contribution in [0.1, 0.15) is 30.8 Å². The van der Waals surface area contributed by atoms with Crippen molar-refractivity contribution in [1.29, 1.82) is 0 Å². The summed E-state index contributed by atoms with van der Waals surface area (Å²) < 4.78 is 63.5. The van der Waals surface area contributed by atoms with E-state index in [9.17, 15) is 26.4 Å². The summed E-state index contributed by atoms with van der Waals surface area (Å²) in [5, 5.41) is 8.93. The van der Waals surface area contributed by atoms with E-state index in [0.717, 1.165) is 19.2 Å². The Hall–Kier alpha value is -1.55. The monoisotopic (exact) mass is 328 g/mol. The average Bonchev–Trinajstić information content (AvgIpc) is 2.69. The van der Waals surface area contributed by atoms with E-state index in [-0.39, 0.29) is 17.1 Å². The summed E-state index contributed by atoms with van der Waals surface area (Å²) >= 11 is 0. The van der Waals surface area contributed by atoms with Crippen molar-refractivity contribution in [2.45, 2.75) is 43.9 Å². The molecule has 21 heavy (non-hydrogen) atoms. The zero-order valence-electron chi connectivity index (χ0n) is 11.3. The fourth-order valence-corrected chi connectivity index (χ4v) is 3.07. The number of sulfonamides is 1. The molecule has 0 spiro atoms. The Balaban J connectivity index is 3.01. The second-order valence-corrected chi connectivity index (χ2v) is 6.21. The van der Waals surface area contributed by atoms with Gasteiger partial charge in [-0.25, -0.2) is 17.9 Å². The molecule has 0 aromatic carbocycles. The minimum Gasteiger partial charge on any atom is -0.477 e. The molecule has 0 amide bonds. The molecule has 10 heteroatoms. The summed E-state index contributed by atoms with van der Waals surface area (Å²) in [5.74, 6) is -1.32. The van der Waals surface area contributed by atoms with Gasteiger partial charge in [0.2, 0.25) is 10.0 Å². The molecule has 120 valence electrons. The van der Waals surface area contributed by atoms with Gasteiger partial charge in [-0.3, -0.25) is 0 Å². The first-order valence-electron chi connectivity index (χ1n) is 5.99. The molecule has 0 aliphatic heterocycles. The van der Waals surface area contributed by atoms with Crippen LogP contribution in [0.4, 0.5) is 13.2 Å². The minimum atomic E-state index is -4.50. The highest BCUT2D eigenvalue weighted by molar-refractivity contribution is 7.89. The van der Waals surface area contributed by atoms with Gasteiger partial charge in [0.15, 0.2) is 0 Å². The minimum absolute atomic E-state index is 0.218. The molecule has 1 rings (SSSR count). The smallest absolute Gasteiger partial charge is 0.390 e. The standard InChI is InChI=1S/C11H15F3N2O4S/c1-3-16-6-8(4-9(16)10(17)18)21(19,20)15-7(2)5-11(12,13)14/h4,6-7,15H,3,5H2,1-2H3,(H,17,18). The molecule has 0 aliphatic carbocycles. The molecule has 0 fully saturated rings. The third-order valence-corrected chi connectivity index (χ3v) is 4.19. The topological polar surface area (TPSA) is 88.4 Å². The number of carboxylic acid groups (broad SMARTS) is 1. The lowest BCUT2D eigenvalue weighted by Gasteiger charge is -2.15. The highest BCUT2D eigenvalue weighted by atomic mass is 32.2. The molecule has 1 atom stereocenters. The summed E-state index contributed by atoms with van der Waals surface area (Å²) in [4.78, 5) is 10.6. The van der Waals surface area contributed by atoms with Crippen LogP contribution in [-0.2, 0) is 16.6 Å². The first kappa shape index (κ1) is 17.5. The molecule has 2 N–H and O–H groups in total. The normalized spacial score (nSPS) is 14.1. The maximum atomic E-state index is 12.2. The van der Waals surface area contributed by atoms with Crippen molar-refractivity contribution in [3.63, 3.8) is 0 Å². The highest BCUT2D eigenvalue weighted by Gasteiger charge is 2.32. The van der Waals surface area contributed by atoms with Gasteiger partial charge in [-0.15, -0.1) is 0 Å². The maximum absolute atomic E-state index is 12.2. The molecule has 0 saturated carbocycles. The van der Waals surface area contributed by atoms with Gasteiger partial charge in [0.05, 0.1) is 6.42 Å². The zero-order chi connectivity index (χ0) is 16.4. The molecular formula is C11H15F3N2O4S. The third-order valence-electron chi connectivity index (χ3n) is 2.64. The van der Waals surface area contributed by atoms with Crippen LogP contribution < -0.4 is 4.72 Å². The summed E-state index contributed by atoms with van der Waals surface area (Å²) in [6.07, 6.45) is -4.73. The second-order valence-electron chi connectivity index (χ2n) is 4.49. The Morgan fingerprint density at radius 3 is 2.43 bits per heavy atom. The molecule has 0 aliphatic rings. The van der Waals surface area contributed by atoms with Gasteiger partial charge in [-0.2, -0.15) is 13.2 Å². The SMILES string of the molecule is CCn1cc(S(=O)(=O)NC(C)CC(F)(F)F)cc1C(=O)O. The molecule has 0 saturated heterocycles. The maximum Gasteiger partial charge on any atom is 0.390 e. The number of carbonyl (C=O) groups is 1. The van der Waals surface area contributed by atoms with Crippen LogP contribution >= 0.6 is 0 Å². The van der Waals surface area contributed by atoms with Crippen molar-refractivity contribution >= 4 is 16.0 Å². The van der Waals surface area contributed by atoms with Crippen LogP contribution in [0.15, 0.2) is 17.2 Å². The zero-order valence-corrected chi connectivity index (χ0v) is 12.1. The number of rotatable bonds is 6. The van der Waals surface area contributed by atoms with E-state index in [2.05, 4.69) is 0 Å². The summed E-state index contributed by atoms with van der Waals surface area (Å²) in [6.45, 7) is 2.91.